The van der Waals surface area contributed by atoms with Crippen molar-refractivity contribution in [2.45, 2.75) is 174 Å². The molecule has 0 aliphatic rings. The van der Waals surface area contributed by atoms with E-state index in [2.05, 4.69) is 20.8 Å². The molecule has 1 N–H and O–H groups in total. The minimum atomic E-state index is -1.05. The minimum absolute atomic E-state index is 0.0726. The predicted molar refractivity (Wildman–Crippen MR) is 183 cm³/mol. The molecule has 0 aliphatic heterocycles. The number of benzene rings is 1. The molecular weight excluding hydrogens is 584 g/mol. The molecule has 1 aromatic carbocycles. The summed E-state index contributed by atoms with van der Waals surface area (Å²) < 4.78 is 22.6. The molecule has 1 aromatic rings. The van der Waals surface area contributed by atoms with Gasteiger partial charge in [0.2, 0.25) is 0 Å². The number of ether oxygens (including phenoxy) is 4. The molecule has 0 saturated carbocycles. The van der Waals surface area contributed by atoms with E-state index >= 15 is 0 Å². The number of carbonyl (C=O) groups is 3. The van der Waals surface area contributed by atoms with Crippen LogP contribution in [-0.4, -0.2) is 42.8 Å². The fourth-order valence-electron chi connectivity index (χ4n) is 5.41. The van der Waals surface area contributed by atoms with Gasteiger partial charge in [-0.1, -0.05) is 130 Å². The average molecular weight is 649 g/mol. The molecule has 0 aliphatic carbocycles. The molecule has 46 heavy (non-hydrogen) atoms. The Balaban J connectivity index is 2.74. The van der Waals surface area contributed by atoms with E-state index in [1.54, 1.807) is 12.1 Å². The van der Waals surface area contributed by atoms with E-state index in [4.69, 9.17) is 18.9 Å². The Morgan fingerprint density at radius 2 is 1.04 bits per heavy atom. The number of esters is 3. The number of methoxy groups -OCH3 is 1. The van der Waals surface area contributed by atoms with Gasteiger partial charge in [-0.05, 0) is 31.4 Å². The fourth-order valence-corrected chi connectivity index (χ4v) is 5.41. The highest BCUT2D eigenvalue weighted by Gasteiger charge is 2.32. The third-order valence-electron chi connectivity index (χ3n) is 8.27. The van der Waals surface area contributed by atoms with Gasteiger partial charge in [-0.25, -0.2) is 0 Å². The minimum Gasteiger partial charge on any atom is -0.504 e. The smallest absolute Gasteiger partial charge is 0.306 e. The third kappa shape index (κ3) is 19.7. The lowest BCUT2D eigenvalue weighted by atomic mass is 10.0. The largest absolute Gasteiger partial charge is 0.504 e. The maximum absolute atomic E-state index is 12.9. The number of hydrogen-bond acceptors (Lipinski definition) is 8. The van der Waals surface area contributed by atoms with E-state index < -0.39 is 24.1 Å². The van der Waals surface area contributed by atoms with E-state index in [0.717, 1.165) is 44.9 Å². The molecule has 8 nitrogen and oxygen atoms in total. The standard InChI is InChI=1S/C38H64O8/c1-5-8-11-12-13-14-15-16-17-18-19-20-23-24-35(40)44-30-34(45-36(41)25-21-9-6-2)38(46-37(42)26-22-10-7-3)31-27-28-32(39)33(29-31)43-4/h27-29,34,38-39H,5-26,30H2,1-4H3/t34-,38-/m1/s1. The van der Waals surface area contributed by atoms with Crippen LogP contribution in [0.5, 0.6) is 11.5 Å². The Bertz CT molecular complexity index is 947. The van der Waals surface area contributed by atoms with Crippen LogP contribution in [0.25, 0.3) is 0 Å². The van der Waals surface area contributed by atoms with Gasteiger partial charge in [-0.3, -0.25) is 14.4 Å². The summed E-state index contributed by atoms with van der Waals surface area (Å²) in [6.45, 7) is 6.11. The maximum atomic E-state index is 12.9. The van der Waals surface area contributed by atoms with Gasteiger partial charge in [0.1, 0.15) is 6.61 Å². The summed E-state index contributed by atoms with van der Waals surface area (Å²) in [4.78, 5) is 38.4. The molecule has 0 fully saturated rings. The molecule has 0 spiro atoms. The summed E-state index contributed by atoms with van der Waals surface area (Å²) in [7, 11) is 1.42. The van der Waals surface area contributed by atoms with Crippen molar-refractivity contribution in [2.24, 2.45) is 0 Å². The number of rotatable bonds is 29. The molecule has 0 radical (unpaired) electrons. The number of aromatic hydroxyl groups is 1. The lowest BCUT2D eigenvalue weighted by Crippen LogP contribution is -2.34. The normalized spacial score (nSPS) is 12.3. The lowest BCUT2D eigenvalue weighted by molar-refractivity contribution is -0.177. The van der Waals surface area contributed by atoms with Gasteiger partial charge in [-0.2, -0.15) is 0 Å². The second-order valence-electron chi connectivity index (χ2n) is 12.5. The number of hydrogen-bond donors (Lipinski definition) is 1. The molecule has 8 heteroatoms. The first-order valence-corrected chi connectivity index (χ1v) is 18.3. The molecule has 264 valence electrons. The van der Waals surface area contributed by atoms with Crippen LogP contribution in [-0.2, 0) is 28.6 Å². The SMILES string of the molecule is CCCCCCCCCCCCCCCC(=O)OC[C@@H](OC(=O)CCCCC)[C@H](OC(=O)CCCCC)c1ccc(O)c(OC)c1. The van der Waals surface area contributed by atoms with Crippen LogP contribution in [0.1, 0.15) is 174 Å². The molecule has 0 bridgehead atoms. The van der Waals surface area contributed by atoms with Crippen LogP contribution in [0.2, 0.25) is 0 Å². The Hall–Kier alpha value is -2.77. The van der Waals surface area contributed by atoms with E-state index in [1.165, 1.54) is 77.4 Å². The number of unbranched alkanes of at least 4 members (excludes halogenated alkanes) is 16. The van der Waals surface area contributed by atoms with Crippen molar-refractivity contribution in [1.29, 1.82) is 0 Å². The summed E-state index contributed by atoms with van der Waals surface area (Å²) in [6, 6.07) is 4.58. The van der Waals surface area contributed by atoms with Crippen LogP contribution in [0.15, 0.2) is 18.2 Å². The first-order chi connectivity index (χ1) is 22.4. The monoisotopic (exact) mass is 648 g/mol. The lowest BCUT2D eigenvalue weighted by Gasteiger charge is -2.27. The highest BCUT2D eigenvalue weighted by atomic mass is 16.6. The first kappa shape index (κ1) is 41.3. The summed E-state index contributed by atoms with van der Waals surface area (Å²) in [5, 5.41) is 10.2. The van der Waals surface area contributed by atoms with Crippen molar-refractivity contribution >= 4 is 17.9 Å². The van der Waals surface area contributed by atoms with Crippen LogP contribution in [0.3, 0.4) is 0 Å². The number of phenols is 1. The van der Waals surface area contributed by atoms with E-state index in [9.17, 15) is 19.5 Å². The fraction of sp³-hybridized carbons (Fsp3) is 0.763. The van der Waals surface area contributed by atoms with Crippen molar-refractivity contribution in [3.05, 3.63) is 23.8 Å². The van der Waals surface area contributed by atoms with Crippen molar-refractivity contribution < 1.29 is 38.4 Å². The second kappa shape index (κ2) is 27.4. The number of phenolic OH excluding ortho intramolecular Hbond substituents is 1. The van der Waals surface area contributed by atoms with E-state index in [1.807, 2.05) is 0 Å². The molecule has 1 rings (SSSR count). The Morgan fingerprint density at radius 3 is 1.57 bits per heavy atom. The molecule has 2 atom stereocenters. The van der Waals surface area contributed by atoms with Gasteiger partial charge >= 0.3 is 17.9 Å². The zero-order valence-electron chi connectivity index (χ0n) is 29.5. The quantitative estimate of drug-likeness (QED) is 0.0519. The van der Waals surface area contributed by atoms with Gasteiger partial charge < -0.3 is 24.1 Å². The van der Waals surface area contributed by atoms with Crippen LogP contribution >= 0.6 is 0 Å². The number of carbonyl (C=O) groups excluding carboxylic acids is 3. The van der Waals surface area contributed by atoms with Crippen molar-refractivity contribution in [3.8, 4) is 11.5 Å². The predicted octanol–water partition coefficient (Wildman–Crippen LogP) is 10.1. The van der Waals surface area contributed by atoms with E-state index in [0.29, 0.717) is 18.4 Å². The van der Waals surface area contributed by atoms with Crippen molar-refractivity contribution in [3.63, 3.8) is 0 Å². The summed E-state index contributed by atoms with van der Waals surface area (Å²) >= 11 is 0. The average Bonchev–Trinajstić information content (AvgIpc) is 3.04. The van der Waals surface area contributed by atoms with Gasteiger partial charge in [0.15, 0.2) is 23.7 Å². The van der Waals surface area contributed by atoms with Crippen LogP contribution in [0, 0.1) is 0 Å². The summed E-state index contributed by atoms with van der Waals surface area (Å²) in [5.41, 5.74) is 0.470. The Morgan fingerprint density at radius 1 is 0.609 bits per heavy atom. The molecule has 0 heterocycles. The molecule has 0 unspecified atom stereocenters. The van der Waals surface area contributed by atoms with E-state index in [-0.39, 0.29) is 43.3 Å². The Labute approximate surface area is 279 Å². The maximum Gasteiger partial charge on any atom is 0.306 e. The Kier molecular flexibility index (Phi) is 24.5. The van der Waals surface area contributed by atoms with Crippen LogP contribution in [0.4, 0.5) is 0 Å². The molecular formula is C38H64O8. The van der Waals surface area contributed by atoms with Gasteiger partial charge in [0.25, 0.3) is 0 Å². The summed E-state index contributed by atoms with van der Waals surface area (Å²) in [6.07, 6.45) is 19.6. The zero-order valence-corrected chi connectivity index (χ0v) is 29.5. The highest BCUT2D eigenvalue weighted by molar-refractivity contribution is 5.71. The van der Waals surface area contributed by atoms with Gasteiger partial charge in [0.05, 0.1) is 7.11 Å². The second-order valence-corrected chi connectivity index (χ2v) is 12.5. The molecule has 0 saturated heterocycles. The first-order valence-electron chi connectivity index (χ1n) is 18.3. The zero-order chi connectivity index (χ0) is 33.8. The van der Waals surface area contributed by atoms with Crippen molar-refractivity contribution in [2.75, 3.05) is 13.7 Å². The summed E-state index contributed by atoms with van der Waals surface area (Å²) in [5.74, 6) is -1.13. The van der Waals surface area contributed by atoms with Gasteiger partial charge in [-0.15, -0.1) is 0 Å². The van der Waals surface area contributed by atoms with Crippen LogP contribution < -0.4 is 4.74 Å². The third-order valence-corrected chi connectivity index (χ3v) is 8.27. The van der Waals surface area contributed by atoms with Crippen molar-refractivity contribution in [1.82, 2.24) is 0 Å². The highest BCUT2D eigenvalue weighted by Crippen LogP contribution is 2.33. The molecule has 0 amide bonds. The topological polar surface area (TPSA) is 108 Å². The molecule has 0 aromatic heterocycles. The van der Waals surface area contributed by atoms with Gasteiger partial charge in [0, 0.05) is 24.8 Å².